The van der Waals surface area contributed by atoms with Gasteiger partial charge < -0.3 is 14.8 Å². The van der Waals surface area contributed by atoms with Crippen molar-refractivity contribution < 1.29 is 18.7 Å². The minimum atomic E-state index is -0.311. The lowest BCUT2D eigenvalue weighted by Crippen LogP contribution is -2.24. The van der Waals surface area contributed by atoms with Gasteiger partial charge in [0.15, 0.2) is 0 Å². The number of aromatic nitrogens is 2. The molecule has 1 aliphatic carbocycles. The average Bonchev–Trinajstić information content (AvgIpc) is 2.85. The van der Waals surface area contributed by atoms with Crippen LogP contribution in [0.4, 0.5) is 15.9 Å². The van der Waals surface area contributed by atoms with Gasteiger partial charge in [-0.3, -0.25) is 4.79 Å². The Kier molecular flexibility index (Phi) is 6.77. The third-order valence-electron chi connectivity index (χ3n) is 5.89. The smallest absolute Gasteiger partial charge is 0.145 e. The Labute approximate surface area is 207 Å². The Balaban J connectivity index is 1.35. The van der Waals surface area contributed by atoms with Gasteiger partial charge in [0.25, 0.3) is 0 Å². The molecule has 1 N–H and O–H groups in total. The normalized spacial score (nSPS) is 14.2. The van der Waals surface area contributed by atoms with E-state index in [1.54, 1.807) is 24.3 Å². The van der Waals surface area contributed by atoms with E-state index in [-0.39, 0.29) is 24.3 Å². The van der Waals surface area contributed by atoms with Gasteiger partial charge >= 0.3 is 0 Å². The summed E-state index contributed by atoms with van der Waals surface area (Å²) in [5.74, 6) is 1.72. The summed E-state index contributed by atoms with van der Waals surface area (Å²) in [6, 6.07) is 17.3. The Morgan fingerprint density at radius 1 is 1.00 bits per heavy atom. The maximum absolute atomic E-state index is 13.4. The lowest BCUT2D eigenvalue weighted by Gasteiger charge is -2.23. The second-order valence-corrected chi connectivity index (χ2v) is 8.82. The number of halogens is 2. The number of carbonyl (C=O) groups is 1. The van der Waals surface area contributed by atoms with Crippen molar-refractivity contribution in [1.82, 2.24) is 9.97 Å². The summed E-state index contributed by atoms with van der Waals surface area (Å²) >= 11 is 6.46. The summed E-state index contributed by atoms with van der Waals surface area (Å²) in [6.07, 6.45) is 3.98. The molecule has 3 aromatic carbocycles. The number of carbonyl (C=O) groups excluding carboxylic acids is 1. The molecule has 5 rings (SSSR count). The van der Waals surface area contributed by atoms with E-state index in [9.17, 15) is 9.18 Å². The molecular weight excluding hydrogens is 469 g/mol. The molecular formula is C27H23ClFN3O3. The van der Waals surface area contributed by atoms with Crippen LogP contribution in [0, 0.1) is 5.82 Å². The standard InChI is InChI=1S/C27H23ClFN3O3/c28-22-14-19(7-12-24(22)34-15-17-3-1-4-18(29)13-17)32-27-26-23(30-16-31-27)5-2-6-25(26)35-21-10-8-20(33)9-11-21/h1-7,12-14,16,21H,8-11,15H2,(H,30,31,32). The molecule has 0 saturated heterocycles. The van der Waals surface area contributed by atoms with Crippen molar-refractivity contribution in [3.05, 3.63) is 83.4 Å². The van der Waals surface area contributed by atoms with Crippen molar-refractivity contribution in [2.75, 3.05) is 5.32 Å². The quantitative estimate of drug-likeness (QED) is 0.312. The van der Waals surface area contributed by atoms with Gasteiger partial charge in [-0.2, -0.15) is 0 Å². The first-order valence-electron chi connectivity index (χ1n) is 11.4. The highest BCUT2D eigenvalue weighted by atomic mass is 35.5. The van der Waals surface area contributed by atoms with Crippen molar-refractivity contribution in [2.45, 2.75) is 38.4 Å². The molecule has 1 fully saturated rings. The summed E-state index contributed by atoms with van der Waals surface area (Å²) in [5, 5.41) is 4.48. The van der Waals surface area contributed by atoms with Crippen molar-refractivity contribution in [2.24, 2.45) is 0 Å². The molecule has 0 spiro atoms. The number of fused-ring (bicyclic) bond motifs is 1. The van der Waals surface area contributed by atoms with Crippen molar-refractivity contribution in [3.8, 4) is 11.5 Å². The van der Waals surface area contributed by atoms with Gasteiger partial charge in [0.2, 0.25) is 0 Å². The van der Waals surface area contributed by atoms with Crippen LogP contribution in [0.2, 0.25) is 5.02 Å². The van der Waals surface area contributed by atoms with Crippen LogP contribution in [-0.4, -0.2) is 21.9 Å². The van der Waals surface area contributed by atoms with Crippen LogP contribution < -0.4 is 14.8 Å². The minimum Gasteiger partial charge on any atom is -0.490 e. The Morgan fingerprint density at radius 2 is 1.83 bits per heavy atom. The molecule has 1 aromatic heterocycles. The maximum Gasteiger partial charge on any atom is 0.145 e. The van der Waals surface area contributed by atoms with E-state index in [1.807, 2.05) is 24.3 Å². The summed E-state index contributed by atoms with van der Waals surface area (Å²) in [6.45, 7) is 0.203. The predicted octanol–water partition coefficient (Wildman–Crippen LogP) is 6.64. The van der Waals surface area contributed by atoms with Crippen molar-refractivity contribution >= 4 is 39.8 Å². The zero-order valence-corrected chi connectivity index (χ0v) is 19.6. The van der Waals surface area contributed by atoms with Crippen molar-refractivity contribution in [3.63, 3.8) is 0 Å². The van der Waals surface area contributed by atoms with Gasteiger partial charge in [-0.15, -0.1) is 0 Å². The van der Waals surface area contributed by atoms with E-state index in [4.69, 9.17) is 21.1 Å². The number of ether oxygens (including phenoxy) is 2. The molecule has 1 saturated carbocycles. The van der Waals surface area contributed by atoms with E-state index in [2.05, 4.69) is 15.3 Å². The van der Waals surface area contributed by atoms with Crippen LogP contribution >= 0.6 is 11.6 Å². The first-order valence-corrected chi connectivity index (χ1v) is 11.8. The number of nitrogens with one attached hydrogen (secondary N) is 1. The van der Waals surface area contributed by atoms with E-state index in [1.165, 1.54) is 18.5 Å². The fourth-order valence-corrected chi connectivity index (χ4v) is 4.34. The van der Waals surface area contributed by atoms with Crippen LogP contribution in [0.1, 0.15) is 31.2 Å². The second kappa shape index (κ2) is 10.3. The molecule has 0 unspecified atom stereocenters. The first kappa shape index (κ1) is 23.1. The number of rotatable bonds is 7. The number of nitrogens with zero attached hydrogens (tertiary/aromatic N) is 2. The second-order valence-electron chi connectivity index (χ2n) is 8.42. The number of benzene rings is 3. The fraction of sp³-hybridized carbons (Fsp3) is 0.222. The molecule has 0 radical (unpaired) electrons. The Morgan fingerprint density at radius 3 is 2.63 bits per heavy atom. The molecule has 6 nitrogen and oxygen atoms in total. The van der Waals surface area contributed by atoms with Crippen LogP contribution in [0.15, 0.2) is 67.0 Å². The molecule has 4 aromatic rings. The lowest BCUT2D eigenvalue weighted by molar-refractivity contribution is -0.121. The van der Waals surface area contributed by atoms with Crippen LogP contribution in [-0.2, 0) is 11.4 Å². The third-order valence-corrected chi connectivity index (χ3v) is 6.18. The fourth-order valence-electron chi connectivity index (χ4n) is 4.10. The highest BCUT2D eigenvalue weighted by Gasteiger charge is 2.21. The van der Waals surface area contributed by atoms with E-state index in [0.717, 1.165) is 10.9 Å². The molecule has 1 heterocycles. The largest absolute Gasteiger partial charge is 0.490 e. The molecule has 0 aliphatic heterocycles. The zero-order valence-electron chi connectivity index (χ0n) is 18.8. The lowest BCUT2D eigenvalue weighted by atomic mass is 9.96. The zero-order chi connectivity index (χ0) is 24.2. The van der Waals surface area contributed by atoms with Gasteiger partial charge in [-0.25, -0.2) is 14.4 Å². The molecule has 1 aliphatic rings. The average molecular weight is 492 g/mol. The van der Waals surface area contributed by atoms with E-state index < -0.39 is 0 Å². The van der Waals surface area contributed by atoms with Crippen LogP contribution in [0.5, 0.6) is 11.5 Å². The SMILES string of the molecule is O=C1CCC(Oc2cccc3ncnc(Nc4ccc(OCc5cccc(F)c5)c(Cl)c4)c23)CC1. The summed E-state index contributed by atoms with van der Waals surface area (Å²) in [5.41, 5.74) is 2.17. The maximum atomic E-state index is 13.4. The number of anilines is 2. The molecule has 8 heteroatoms. The Bertz CT molecular complexity index is 1370. The minimum absolute atomic E-state index is 0.0182. The molecule has 0 atom stereocenters. The highest BCUT2D eigenvalue weighted by molar-refractivity contribution is 6.32. The summed E-state index contributed by atoms with van der Waals surface area (Å²) in [7, 11) is 0. The first-order chi connectivity index (χ1) is 17.0. The predicted molar refractivity (Wildman–Crippen MR) is 133 cm³/mol. The molecule has 178 valence electrons. The number of hydrogen-bond acceptors (Lipinski definition) is 6. The summed E-state index contributed by atoms with van der Waals surface area (Å²) < 4.78 is 25.4. The molecule has 0 amide bonds. The van der Waals surface area contributed by atoms with Gasteiger partial charge in [0, 0.05) is 18.5 Å². The van der Waals surface area contributed by atoms with E-state index in [0.29, 0.717) is 59.3 Å². The highest BCUT2D eigenvalue weighted by Crippen LogP contribution is 2.35. The molecule has 0 bridgehead atoms. The van der Waals surface area contributed by atoms with Crippen LogP contribution in [0.3, 0.4) is 0 Å². The third kappa shape index (κ3) is 5.52. The van der Waals surface area contributed by atoms with Gasteiger partial charge in [0.05, 0.1) is 22.0 Å². The number of Topliss-reactive ketones (excluding diaryl/α,β-unsaturated/α-hetero) is 1. The number of ketones is 1. The number of hydrogen-bond donors (Lipinski definition) is 1. The van der Waals surface area contributed by atoms with Gasteiger partial charge in [-0.05, 0) is 60.9 Å². The van der Waals surface area contributed by atoms with Crippen LogP contribution in [0.25, 0.3) is 10.9 Å². The van der Waals surface area contributed by atoms with Crippen molar-refractivity contribution in [1.29, 1.82) is 0 Å². The summed E-state index contributed by atoms with van der Waals surface area (Å²) in [4.78, 5) is 20.4. The molecule has 35 heavy (non-hydrogen) atoms. The van der Waals surface area contributed by atoms with E-state index >= 15 is 0 Å². The van der Waals surface area contributed by atoms with Gasteiger partial charge in [0.1, 0.15) is 41.9 Å². The van der Waals surface area contributed by atoms with Gasteiger partial charge in [-0.1, -0.05) is 29.8 Å². The monoisotopic (exact) mass is 491 g/mol. The Hall–Kier alpha value is -3.71. The topological polar surface area (TPSA) is 73.3 Å².